The van der Waals surface area contributed by atoms with E-state index in [2.05, 4.69) is 20.9 Å². The van der Waals surface area contributed by atoms with Crippen LogP contribution in [0.25, 0.3) is 10.9 Å². The van der Waals surface area contributed by atoms with Gasteiger partial charge in [0.1, 0.15) is 0 Å². The standard InChI is InChI=1S/C14H10BrNOS/c1-8-3-2-4-11-12(8)9(7-16-11)13(17)14-10(15)5-6-18-14/h2-7,16H,1H3. The zero-order chi connectivity index (χ0) is 12.7. The molecule has 0 fully saturated rings. The number of nitrogens with one attached hydrogen (secondary N) is 1. The number of H-pyrrole nitrogens is 1. The molecule has 0 unspecified atom stereocenters. The highest BCUT2D eigenvalue weighted by molar-refractivity contribution is 9.10. The van der Waals surface area contributed by atoms with E-state index in [1.807, 2.05) is 36.6 Å². The Morgan fingerprint density at radius 2 is 2.17 bits per heavy atom. The lowest BCUT2D eigenvalue weighted by molar-refractivity contribution is 0.104. The topological polar surface area (TPSA) is 32.9 Å². The Bertz CT molecular complexity index is 741. The minimum absolute atomic E-state index is 0.0671. The summed E-state index contributed by atoms with van der Waals surface area (Å²) in [5.74, 6) is 0.0671. The summed E-state index contributed by atoms with van der Waals surface area (Å²) in [5, 5.41) is 2.93. The highest BCUT2D eigenvalue weighted by atomic mass is 79.9. The van der Waals surface area contributed by atoms with Crippen LogP contribution in [-0.4, -0.2) is 10.8 Å². The van der Waals surface area contributed by atoms with Crippen molar-refractivity contribution in [1.29, 1.82) is 0 Å². The largest absolute Gasteiger partial charge is 0.360 e. The summed E-state index contributed by atoms with van der Waals surface area (Å²) in [6.45, 7) is 2.02. The third-order valence-electron chi connectivity index (χ3n) is 2.98. The molecule has 1 N–H and O–H groups in total. The van der Waals surface area contributed by atoms with E-state index in [-0.39, 0.29) is 5.78 Å². The molecule has 0 bridgehead atoms. The van der Waals surface area contributed by atoms with E-state index in [1.54, 1.807) is 6.20 Å². The lowest BCUT2D eigenvalue weighted by atomic mass is 10.0. The van der Waals surface area contributed by atoms with Crippen LogP contribution in [0.4, 0.5) is 0 Å². The highest BCUT2D eigenvalue weighted by Gasteiger charge is 2.18. The molecule has 2 nitrogen and oxygen atoms in total. The number of aryl methyl sites for hydroxylation is 1. The first-order valence-electron chi connectivity index (χ1n) is 5.53. The van der Waals surface area contributed by atoms with Crippen molar-refractivity contribution in [3.63, 3.8) is 0 Å². The number of carbonyl (C=O) groups is 1. The van der Waals surface area contributed by atoms with Gasteiger partial charge in [-0.1, -0.05) is 12.1 Å². The predicted octanol–water partition coefficient (Wildman–Crippen LogP) is 4.53. The molecule has 0 amide bonds. The Morgan fingerprint density at radius 3 is 2.89 bits per heavy atom. The summed E-state index contributed by atoms with van der Waals surface area (Å²) in [6.07, 6.45) is 1.80. The van der Waals surface area contributed by atoms with E-state index >= 15 is 0 Å². The average Bonchev–Trinajstić information content (AvgIpc) is 2.95. The third-order valence-corrected chi connectivity index (χ3v) is 4.82. The molecule has 0 saturated heterocycles. The second-order valence-corrected chi connectivity index (χ2v) is 5.90. The monoisotopic (exact) mass is 319 g/mol. The van der Waals surface area contributed by atoms with E-state index in [4.69, 9.17) is 0 Å². The molecule has 2 aromatic heterocycles. The molecule has 1 aromatic carbocycles. The Labute approximate surface area is 117 Å². The summed E-state index contributed by atoms with van der Waals surface area (Å²) in [7, 11) is 0. The maximum atomic E-state index is 12.5. The van der Waals surface area contributed by atoms with E-state index in [1.165, 1.54) is 11.3 Å². The minimum Gasteiger partial charge on any atom is -0.360 e. The van der Waals surface area contributed by atoms with Crippen LogP contribution in [0.5, 0.6) is 0 Å². The Kier molecular flexibility index (Phi) is 2.84. The molecule has 2 heterocycles. The van der Waals surface area contributed by atoms with Crippen LogP contribution in [0.15, 0.2) is 40.3 Å². The number of aromatic nitrogens is 1. The smallest absolute Gasteiger partial charge is 0.206 e. The number of aromatic amines is 1. The van der Waals surface area contributed by atoms with Crippen molar-refractivity contribution in [2.24, 2.45) is 0 Å². The van der Waals surface area contributed by atoms with Crippen LogP contribution in [0.3, 0.4) is 0 Å². The van der Waals surface area contributed by atoms with Gasteiger partial charge in [-0.2, -0.15) is 0 Å². The van der Waals surface area contributed by atoms with Crippen molar-refractivity contribution in [1.82, 2.24) is 4.98 Å². The summed E-state index contributed by atoms with van der Waals surface area (Å²) < 4.78 is 0.862. The first-order chi connectivity index (χ1) is 8.68. The third kappa shape index (κ3) is 1.72. The van der Waals surface area contributed by atoms with E-state index < -0.39 is 0 Å². The van der Waals surface area contributed by atoms with Crippen LogP contribution in [-0.2, 0) is 0 Å². The molecule has 4 heteroatoms. The zero-order valence-electron chi connectivity index (χ0n) is 9.66. The van der Waals surface area contributed by atoms with E-state index in [9.17, 15) is 4.79 Å². The van der Waals surface area contributed by atoms with Gasteiger partial charge in [0.05, 0.1) is 4.88 Å². The predicted molar refractivity (Wildman–Crippen MR) is 78.5 cm³/mol. The summed E-state index contributed by atoms with van der Waals surface area (Å²) in [5.41, 5.74) is 2.86. The van der Waals surface area contributed by atoms with Crippen LogP contribution in [0, 0.1) is 6.92 Å². The van der Waals surface area contributed by atoms with Gasteiger partial charge in [-0.3, -0.25) is 4.79 Å². The van der Waals surface area contributed by atoms with Crippen LogP contribution >= 0.6 is 27.3 Å². The number of hydrogen-bond donors (Lipinski definition) is 1. The summed E-state index contributed by atoms with van der Waals surface area (Å²) in [4.78, 5) is 16.4. The fourth-order valence-electron chi connectivity index (χ4n) is 2.12. The van der Waals surface area contributed by atoms with Gasteiger partial charge < -0.3 is 4.98 Å². The maximum Gasteiger partial charge on any atom is 0.206 e. The van der Waals surface area contributed by atoms with Gasteiger partial charge in [0.2, 0.25) is 5.78 Å². The van der Waals surface area contributed by atoms with Gasteiger partial charge in [-0.15, -0.1) is 11.3 Å². The summed E-state index contributed by atoms with van der Waals surface area (Å²) >= 11 is 4.87. The molecule has 18 heavy (non-hydrogen) atoms. The van der Waals surface area contributed by atoms with Gasteiger partial charge in [0.25, 0.3) is 0 Å². The number of rotatable bonds is 2. The fourth-order valence-corrected chi connectivity index (χ4v) is 3.63. The van der Waals surface area contributed by atoms with Gasteiger partial charge in [-0.05, 0) is 45.9 Å². The second kappa shape index (κ2) is 4.37. The first kappa shape index (κ1) is 11.7. The number of ketones is 1. The minimum atomic E-state index is 0.0671. The molecule has 90 valence electrons. The van der Waals surface area contributed by atoms with Gasteiger partial charge in [0.15, 0.2) is 0 Å². The average molecular weight is 320 g/mol. The second-order valence-electron chi connectivity index (χ2n) is 4.13. The number of carbonyl (C=O) groups excluding carboxylic acids is 1. The molecule has 0 aliphatic rings. The molecule has 0 atom stereocenters. The maximum absolute atomic E-state index is 12.5. The quantitative estimate of drug-likeness (QED) is 0.691. The van der Waals surface area contributed by atoms with Crippen molar-refractivity contribution < 1.29 is 4.79 Å². The first-order valence-corrected chi connectivity index (χ1v) is 7.20. The van der Waals surface area contributed by atoms with Crippen molar-refractivity contribution in [2.75, 3.05) is 0 Å². The molecule has 3 rings (SSSR count). The van der Waals surface area contributed by atoms with E-state index in [0.29, 0.717) is 0 Å². The lowest BCUT2D eigenvalue weighted by Crippen LogP contribution is -1.98. The number of thiophene rings is 1. The Morgan fingerprint density at radius 1 is 1.33 bits per heavy atom. The number of fused-ring (bicyclic) bond motifs is 1. The Hall–Kier alpha value is -1.39. The molecular formula is C14H10BrNOS. The van der Waals surface area contributed by atoms with Crippen LogP contribution in [0.1, 0.15) is 20.8 Å². The van der Waals surface area contributed by atoms with Crippen molar-refractivity contribution in [2.45, 2.75) is 6.92 Å². The number of halogens is 1. The number of benzene rings is 1. The van der Waals surface area contributed by atoms with Crippen molar-refractivity contribution in [3.05, 3.63) is 56.3 Å². The lowest BCUT2D eigenvalue weighted by Gasteiger charge is -2.00. The van der Waals surface area contributed by atoms with Gasteiger partial charge in [-0.25, -0.2) is 0 Å². The van der Waals surface area contributed by atoms with Crippen LogP contribution in [0.2, 0.25) is 0 Å². The summed E-state index contributed by atoms with van der Waals surface area (Å²) in [6, 6.07) is 7.90. The molecule has 0 aliphatic heterocycles. The molecular weight excluding hydrogens is 310 g/mol. The molecule has 0 saturated carbocycles. The van der Waals surface area contributed by atoms with Gasteiger partial charge in [0, 0.05) is 27.1 Å². The van der Waals surface area contributed by atoms with Crippen molar-refractivity contribution in [3.8, 4) is 0 Å². The fraction of sp³-hybridized carbons (Fsp3) is 0.0714. The molecule has 0 aliphatic carbocycles. The zero-order valence-corrected chi connectivity index (χ0v) is 12.1. The highest BCUT2D eigenvalue weighted by Crippen LogP contribution is 2.29. The van der Waals surface area contributed by atoms with E-state index in [0.717, 1.165) is 31.4 Å². The molecule has 3 aromatic rings. The van der Waals surface area contributed by atoms with Gasteiger partial charge >= 0.3 is 0 Å². The Balaban J connectivity index is 2.22. The normalized spacial score (nSPS) is 11.0. The van der Waals surface area contributed by atoms with Crippen molar-refractivity contribution >= 4 is 44.0 Å². The molecule has 0 radical (unpaired) electrons. The SMILES string of the molecule is Cc1cccc2[nH]cc(C(=O)c3sccc3Br)c12. The van der Waals surface area contributed by atoms with Crippen LogP contribution < -0.4 is 0 Å². The molecule has 0 spiro atoms. The number of hydrogen-bond acceptors (Lipinski definition) is 2.